The lowest BCUT2D eigenvalue weighted by molar-refractivity contribution is 0.464. The van der Waals surface area contributed by atoms with E-state index in [-0.39, 0.29) is 17.5 Å². The summed E-state index contributed by atoms with van der Waals surface area (Å²) in [5.41, 5.74) is 6.00. The van der Waals surface area contributed by atoms with E-state index in [0.29, 0.717) is 18.5 Å². The molecule has 0 aromatic heterocycles. The van der Waals surface area contributed by atoms with Gasteiger partial charge in [-0.25, -0.2) is 12.8 Å². The van der Waals surface area contributed by atoms with Crippen molar-refractivity contribution in [3.05, 3.63) is 29.6 Å². The van der Waals surface area contributed by atoms with Gasteiger partial charge in [-0.3, -0.25) is 0 Å². The summed E-state index contributed by atoms with van der Waals surface area (Å²) in [5, 5.41) is 0. The van der Waals surface area contributed by atoms with Gasteiger partial charge >= 0.3 is 0 Å². The lowest BCUT2D eigenvalue weighted by atomic mass is 10.2. The number of aryl methyl sites for hydroxylation is 1. The Bertz CT molecular complexity index is 530. The fourth-order valence-electron chi connectivity index (χ4n) is 1.93. The number of benzene rings is 1. The second-order valence-corrected chi connectivity index (χ2v) is 6.21. The summed E-state index contributed by atoms with van der Waals surface area (Å²) in [6.45, 7) is 2.16. The van der Waals surface area contributed by atoms with Crippen LogP contribution in [0.5, 0.6) is 0 Å². The van der Waals surface area contributed by atoms with Gasteiger partial charge < -0.3 is 5.73 Å². The summed E-state index contributed by atoms with van der Waals surface area (Å²) in [6, 6.07) is 4.23. The molecule has 0 bridgehead atoms. The molecule has 0 aliphatic carbocycles. The molecule has 1 aromatic carbocycles. The average molecular weight is 258 g/mol. The molecule has 0 radical (unpaired) electrons. The molecule has 17 heavy (non-hydrogen) atoms. The molecule has 2 rings (SSSR count). The molecular weight excluding hydrogens is 243 g/mol. The standard InChI is InChI=1S/C11H15FN2O2S/c1-8-3-2-4-10(11(8)12)17(15,16)14-6-5-9(13)7-14/h2-4,9H,5-7,13H2,1H3/t9-/m1/s1. The lowest BCUT2D eigenvalue weighted by Gasteiger charge is -2.16. The van der Waals surface area contributed by atoms with Crippen LogP contribution in [0.3, 0.4) is 0 Å². The van der Waals surface area contributed by atoms with Crippen molar-refractivity contribution in [2.75, 3.05) is 13.1 Å². The topological polar surface area (TPSA) is 63.4 Å². The average Bonchev–Trinajstić information content (AvgIpc) is 2.69. The van der Waals surface area contributed by atoms with Gasteiger partial charge in [-0.15, -0.1) is 0 Å². The number of nitrogens with zero attached hydrogens (tertiary/aromatic N) is 1. The van der Waals surface area contributed by atoms with E-state index in [4.69, 9.17) is 5.73 Å². The highest BCUT2D eigenvalue weighted by atomic mass is 32.2. The monoisotopic (exact) mass is 258 g/mol. The van der Waals surface area contributed by atoms with Crippen LogP contribution in [0.15, 0.2) is 23.1 Å². The number of hydrogen-bond acceptors (Lipinski definition) is 3. The van der Waals surface area contributed by atoms with E-state index in [0.717, 1.165) is 0 Å². The summed E-state index contributed by atoms with van der Waals surface area (Å²) in [6.07, 6.45) is 0.618. The zero-order valence-corrected chi connectivity index (χ0v) is 10.4. The Morgan fingerprint density at radius 2 is 2.18 bits per heavy atom. The molecule has 1 aliphatic heterocycles. The fourth-order valence-corrected chi connectivity index (χ4v) is 3.58. The molecule has 6 heteroatoms. The van der Waals surface area contributed by atoms with Crippen molar-refractivity contribution in [1.82, 2.24) is 4.31 Å². The van der Waals surface area contributed by atoms with E-state index in [2.05, 4.69) is 0 Å². The van der Waals surface area contributed by atoms with Crippen molar-refractivity contribution in [2.45, 2.75) is 24.3 Å². The molecule has 0 unspecified atom stereocenters. The van der Waals surface area contributed by atoms with Crippen LogP contribution < -0.4 is 5.73 Å². The molecule has 0 amide bonds. The van der Waals surface area contributed by atoms with Crippen molar-refractivity contribution in [1.29, 1.82) is 0 Å². The van der Waals surface area contributed by atoms with Gasteiger partial charge in [-0.1, -0.05) is 12.1 Å². The van der Waals surface area contributed by atoms with Crippen molar-refractivity contribution in [3.63, 3.8) is 0 Å². The minimum atomic E-state index is -3.75. The lowest BCUT2D eigenvalue weighted by Crippen LogP contribution is -2.32. The Morgan fingerprint density at radius 3 is 2.76 bits per heavy atom. The van der Waals surface area contributed by atoms with Crippen LogP contribution in [-0.4, -0.2) is 31.9 Å². The van der Waals surface area contributed by atoms with E-state index >= 15 is 0 Å². The predicted molar refractivity (Wildman–Crippen MR) is 62.5 cm³/mol. The van der Waals surface area contributed by atoms with E-state index in [9.17, 15) is 12.8 Å². The van der Waals surface area contributed by atoms with Gasteiger partial charge in [-0.2, -0.15) is 4.31 Å². The molecular formula is C11H15FN2O2S. The zero-order valence-electron chi connectivity index (χ0n) is 9.56. The third-order valence-corrected chi connectivity index (χ3v) is 4.84. The van der Waals surface area contributed by atoms with E-state index in [1.807, 2.05) is 0 Å². The van der Waals surface area contributed by atoms with Gasteiger partial charge in [0.25, 0.3) is 0 Å². The fraction of sp³-hybridized carbons (Fsp3) is 0.455. The van der Waals surface area contributed by atoms with Gasteiger partial charge in [0.1, 0.15) is 10.7 Å². The Morgan fingerprint density at radius 1 is 1.47 bits per heavy atom. The molecule has 0 saturated carbocycles. The second-order valence-electron chi connectivity index (χ2n) is 4.30. The van der Waals surface area contributed by atoms with Crippen LogP contribution >= 0.6 is 0 Å². The smallest absolute Gasteiger partial charge is 0.246 e. The van der Waals surface area contributed by atoms with E-state index in [1.165, 1.54) is 10.4 Å². The van der Waals surface area contributed by atoms with Crippen LogP contribution in [-0.2, 0) is 10.0 Å². The van der Waals surface area contributed by atoms with Crippen LogP contribution in [0.1, 0.15) is 12.0 Å². The maximum absolute atomic E-state index is 13.8. The van der Waals surface area contributed by atoms with Crippen molar-refractivity contribution < 1.29 is 12.8 Å². The molecule has 1 heterocycles. The van der Waals surface area contributed by atoms with Gasteiger partial charge in [0, 0.05) is 19.1 Å². The largest absolute Gasteiger partial charge is 0.326 e. The quantitative estimate of drug-likeness (QED) is 0.855. The molecule has 1 aromatic rings. The van der Waals surface area contributed by atoms with Crippen molar-refractivity contribution in [3.8, 4) is 0 Å². The molecule has 2 N–H and O–H groups in total. The van der Waals surface area contributed by atoms with Crippen molar-refractivity contribution in [2.24, 2.45) is 5.73 Å². The van der Waals surface area contributed by atoms with E-state index < -0.39 is 15.8 Å². The maximum Gasteiger partial charge on any atom is 0.246 e. The number of hydrogen-bond donors (Lipinski definition) is 1. The van der Waals surface area contributed by atoms with Crippen LogP contribution in [0.25, 0.3) is 0 Å². The van der Waals surface area contributed by atoms with Crippen LogP contribution in [0, 0.1) is 12.7 Å². The molecule has 0 spiro atoms. The number of halogens is 1. The van der Waals surface area contributed by atoms with Gasteiger partial charge in [-0.05, 0) is 25.0 Å². The summed E-state index contributed by atoms with van der Waals surface area (Å²) in [4.78, 5) is -0.258. The normalized spacial score (nSPS) is 21.9. The first-order chi connectivity index (χ1) is 7.93. The van der Waals surface area contributed by atoms with Crippen molar-refractivity contribution >= 4 is 10.0 Å². The molecule has 1 aliphatic rings. The first-order valence-electron chi connectivity index (χ1n) is 5.44. The first kappa shape index (κ1) is 12.5. The third kappa shape index (κ3) is 2.20. The Balaban J connectivity index is 2.42. The maximum atomic E-state index is 13.8. The summed E-state index contributed by atoms with van der Waals surface area (Å²) < 4.78 is 39.4. The number of rotatable bonds is 2. The minimum absolute atomic E-state index is 0.155. The minimum Gasteiger partial charge on any atom is -0.326 e. The summed E-state index contributed by atoms with van der Waals surface area (Å²) in [7, 11) is -3.75. The summed E-state index contributed by atoms with van der Waals surface area (Å²) in [5.74, 6) is -0.673. The SMILES string of the molecule is Cc1cccc(S(=O)(=O)N2CC[C@@H](N)C2)c1F. The van der Waals surface area contributed by atoms with Crippen LogP contribution in [0.4, 0.5) is 4.39 Å². The first-order valence-corrected chi connectivity index (χ1v) is 6.88. The second kappa shape index (κ2) is 4.36. The predicted octanol–water partition coefficient (Wildman–Crippen LogP) is 0.856. The summed E-state index contributed by atoms with van der Waals surface area (Å²) >= 11 is 0. The molecule has 1 atom stereocenters. The molecule has 1 fully saturated rings. The molecule has 4 nitrogen and oxygen atoms in total. The highest BCUT2D eigenvalue weighted by molar-refractivity contribution is 7.89. The Kier molecular flexibility index (Phi) is 3.20. The zero-order chi connectivity index (χ0) is 12.6. The highest BCUT2D eigenvalue weighted by Crippen LogP contribution is 2.24. The highest BCUT2D eigenvalue weighted by Gasteiger charge is 2.32. The van der Waals surface area contributed by atoms with Gasteiger partial charge in [0.2, 0.25) is 10.0 Å². The number of sulfonamides is 1. The Labute approximate surface area is 100 Å². The van der Waals surface area contributed by atoms with Gasteiger partial charge in [0.05, 0.1) is 0 Å². The van der Waals surface area contributed by atoms with Crippen LogP contribution in [0.2, 0.25) is 0 Å². The van der Waals surface area contributed by atoms with Gasteiger partial charge in [0.15, 0.2) is 0 Å². The Hall–Kier alpha value is -0.980. The molecule has 94 valence electrons. The number of nitrogens with two attached hydrogens (primary N) is 1. The third-order valence-electron chi connectivity index (χ3n) is 2.96. The molecule has 1 saturated heterocycles. The van der Waals surface area contributed by atoms with E-state index in [1.54, 1.807) is 19.1 Å².